The average molecular weight is 294 g/mol. The van der Waals surface area contributed by atoms with Crippen LogP contribution < -0.4 is 5.32 Å². The van der Waals surface area contributed by atoms with Gasteiger partial charge in [0, 0.05) is 4.88 Å². The molecular formula is C13H14N2O4S. The number of aryl methyl sites for hydroxylation is 2. The summed E-state index contributed by atoms with van der Waals surface area (Å²) in [6, 6.07) is 1.69. The van der Waals surface area contributed by atoms with Crippen LogP contribution in [0.2, 0.25) is 0 Å². The van der Waals surface area contributed by atoms with Gasteiger partial charge in [-0.15, -0.1) is 11.3 Å². The molecule has 7 heteroatoms. The van der Waals surface area contributed by atoms with Crippen molar-refractivity contribution in [3.63, 3.8) is 0 Å². The lowest BCUT2D eigenvalue weighted by atomic mass is 10.2. The number of nitrogens with zero attached hydrogens (tertiary/aromatic N) is 1. The fourth-order valence-electron chi connectivity index (χ4n) is 1.65. The first-order chi connectivity index (χ1) is 9.52. The van der Waals surface area contributed by atoms with E-state index in [-0.39, 0.29) is 12.5 Å². The maximum Gasteiger partial charge on any atom is 0.341 e. The van der Waals surface area contributed by atoms with Crippen molar-refractivity contribution < 1.29 is 18.8 Å². The van der Waals surface area contributed by atoms with E-state index >= 15 is 0 Å². The highest BCUT2D eigenvalue weighted by Gasteiger charge is 2.20. The van der Waals surface area contributed by atoms with Gasteiger partial charge >= 0.3 is 5.97 Å². The second-order valence-electron chi connectivity index (χ2n) is 4.07. The van der Waals surface area contributed by atoms with E-state index in [1.807, 2.05) is 6.92 Å². The van der Waals surface area contributed by atoms with Crippen molar-refractivity contribution in [1.29, 1.82) is 0 Å². The molecule has 0 atom stereocenters. The highest BCUT2D eigenvalue weighted by atomic mass is 32.1. The number of nitrogens with one attached hydrogen (secondary N) is 1. The Morgan fingerprint density at radius 3 is 2.75 bits per heavy atom. The van der Waals surface area contributed by atoms with Crippen molar-refractivity contribution in [2.45, 2.75) is 20.8 Å². The van der Waals surface area contributed by atoms with Crippen molar-refractivity contribution in [1.82, 2.24) is 5.16 Å². The normalized spacial score (nSPS) is 10.3. The Morgan fingerprint density at radius 2 is 2.15 bits per heavy atom. The molecule has 0 aromatic carbocycles. The predicted octanol–water partition coefficient (Wildman–Crippen LogP) is 2.78. The Kier molecular flexibility index (Phi) is 4.19. The number of carbonyl (C=O) groups is 2. The van der Waals surface area contributed by atoms with Gasteiger partial charge in [-0.25, -0.2) is 4.79 Å². The minimum atomic E-state index is -0.450. The second-order valence-corrected chi connectivity index (χ2v) is 5.33. The Balaban J connectivity index is 2.23. The van der Waals surface area contributed by atoms with Gasteiger partial charge in [-0.05, 0) is 26.8 Å². The minimum absolute atomic E-state index is 0.284. The maximum atomic E-state index is 12.1. The molecule has 1 amide bonds. The molecule has 2 aromatic rings. The molecular weight excluding hydrogens is 280 g/mol. The van der Waals surface area contributed by atoms with Crippen molar-refractivity contribution in [3.05, 3.63) is 34.0 Å². The molecule has 0 radical (unpaired) electrons. The van der Waals surface area contributed by atoms with Gasteiger partial charge in [0.25, 0.3) is 5.91 Å². The summed E-state index contributed by atoms with van der Waals surface area (Å²) >= 11 is 1.32. The topological polar surface area (TPSA) is 81.4 Å². The molecule has 0 aliphatic rings. The van der Waals surface area contributed by atoms with Gasteiger partial charge in [-0.1, -0.05) is 5.16 Å². The van der Waals surface area contributed by atoms with Crippen LogP contribution in [-0.4, -0.2) is 23.6 Å². The first kappa shape index (κ1) is 14.3. The number of carbonyl (C=O) groups excluding carboxylic acids is 2. The molecule has 0 saturated heterocycles. The number of aromatic nitrogens is 1. The summed E-state index contributed by atoms with van der Waals surface area (Å²) in [6.07, 6.45) is 1.34. The van der Waals surface area contributed by atoms with Gasteiger partial charge in [-0.2, -0.15) is 0 Å². The quantitative estimate of drug-likeness (QED) is 0.877. The van der Waals surface area contributed by atoms with Crippen LogP contribution in [0, 0.1) is 13.8 Å². The molecule has 2 aromatic heterocycles. The first-order valence-corrected chi connectivity index (χ1v) is 6.84. The Hall–Kier alpha value is -2.15. The lowest BCUT2D eigenvalue weighted by Crippen LogP contribution is -2.14. The summed E-state index contributed by atoms with van der Waals surface area (Å²) in [5, 5.41) is 6.71. The van der Waals surface area contributed by atoms with Crippen LogP contribution in [0.25, 0.3) is 0 Å². The molecule has 6 nitrogen and oxygen atoms in total. The summed E-state index contributed by atoms with van der Waals surface area (Å²) in [5.41, 5.74) is 0.697. The third kappa shape index (κ3) is 2.88. The molecule has 106 valence electrons. The van der Waals surface area contributed by atoms with Gasteiger partial charge in [0.2, 0.25) is 0 Å². The van der Waals surface area contributed by atoms with Crippen LogP contribution >= 0.6 is 11.3 Å². The summed E-state index contributed by atoms with van der Waals surface area (Å²) in [5.74, 6) is -0.390. The molecule has 0 saturated carbocycles. The zero-order chi connectivity index (χ0) is 14.7. The van der Waals surface area contributed by atoms with E-state index in [0.29, 0.717) is 21.9 Å². The zero-order valence-corrected chi connectivity index (χ0v) is 12.2. The van der Waals surface area contributed by atoms with Crippen molar-refractivity contribution in [3.8, 4) is 0 Å². The third-order valence-electron chi connectivity index (χ3n) is 2.57. The Labute approximate surface area is 119 Å². The van der Waals surface area contributed by atoms with Gasteiger partial charge in [0.05, 0.1) is 18.4 Å². The molecule has 20 heavy (non-hydrogen) atoms. The molecule has 0 fully saturated rings. The van der Waals surface area contributed by atoms with Crippen LogP contribution in [0.4, 0.5) is 5.00 Å². The number of hydrogen-bond acceptors (Lipinski definition) is 6. The Bertz CT molecular complexity index is 645. The molecule has 0 aliphatic carbocycles. The number of thiophene rings is 1. The molecule has 2 heterocycles. The number of hydrogen-bond donors (Lipinski definition) is 1. The SMILES string of the molecule is CCOC(=O)c1cc(C)sc1NC(=O)c1cnoc1C. The average Bonchev–Trinajstić information content (AvgIpc) is 2.96. The standard InChI is InChI=1S/C13H14N2O4S/c1-4-18-13(17)9-5-7(2)20-12(9)15-11(16)10-6-14-19-8(10)3/h5-6H,4H2,1-3H3,(H,15,16). The van der Waals surface area contributed by atoms with Crippen LogP contribution in [0.5, 0.6) is 0 Å². The zero-order valence-electron chi connectivity index (χ0n) is 11.4. The molecule has 0 unspecified atom stereocenters. The minimum Gasteiger partial charge on any atom is -0.462 e. The molecule has 1 N–H and O–H groups in total. The number of anilines is 1. The van der Waals surface area contributed by atoms with Crippen LogP contribution in [-0.2, 0) is 4.74 Å². The fraction of sp³-hybridized carbons (Fsp3) is 0.308. The van der Waals surface area contributed by atoms with E-state index < -0.39 is 5.97 Å². The van der Waals surface area contributed by atoms with Gasteiger partial charge in [-0.3, -0.25) is 4.79 Å². The van der Waals surface area contributed by atoms with Crippen LogP contribution in [0.15, 0.2) is 16.8 Å². The number of amides is 1. The van der Waals surface area contributed by atoms with E-state index in [2.05, 4.69) is 10.5 Å². The van der Waals surface area contributed by atoms with Crippen LogP contribution in [0.3, 0.4) is 0 Å². The van der Waals surface area contributed by atoms with E-state index in [1.165, 1.54) is 17.5 Å². The van der Waals surface area contributed by atoms with Crippen molar-refractivity contribution in [2.75, 3.05) is 11.9 Å². The summed E-state index contributed by atoms with van der Waals surface area (Å²) in [7, 11) is 0. The lowest BCUT2D eigenvalue weighted by Gasteiger charge is -2.05. The van der Waals surface area contributed by atoms with E-state index in [9.17, 15) is 9.59 Å². The molecule has 0 bridgehead atoms. The number of ether oxygens (including phenoxy) is 1. The van der Waals surface area contributed by atoms with E-state index in [4.69, 9.17) is 9.26 Å². The maximum absolute atomic E-state index is 12.1. The predicted molar refractivity (Wildman–Crippen MR) is 74.2 cm³/mol. The highest BCUT2D eigenvalue weighted by molar-refractivity contribution is 7.16. The summed E-state index contributed by atoms with van der Waals surface area (Å²) in [4.78, 5) is 24.8. The second kappa shape index (κ2) is 5.87. The van der Waals surface area contributed by atoms with E-state index in [1.54, 1.807) is 19.9 Å². The number of esters is 1. The van der Waals surface area contributed by atoms with Crippen molar-refractivity contribution >= 4 is 28.2 Å². The highest BCUT2D eigenvalue weighted by Crippen LogP contribution is 2.29. The molecule has 0 aliphatic heterocycles. The largest absolute Gasteiger partial charge is 0.462 e. The summed E-state index contributed by atoms with van der Waals surface area (Å²) in [6.45, 7) is 5.52. The van der Waals surface area contributed by atoms with Gasteiger partial charge < -0.3 is 14.6 Å². The summed E-state index contributed by atoms with van der Waals surface area (Å²) < 4.78 is 9.81. The number of rotatable bonds is 4. The smallest absolute Gasteiger partial charge is 0.341 e. The Morgan fingerprint density at radius 1 is 1.40 bits per heavy atom. The first-order valence-electron chi connectivity index (χ1n) is 6.03. The monoisotopic (exact) mass is 294 g/mol. The lowest BCUT2D eigenvalue weighted by molar-refractivity contribution is 0.0528. The fourth-order valence-corrected chi connectivity index (χ4v) is 2.55. The van der Waals surface area contributed by atoms with Gasteiger partial charge in [0.1, 0.15) is 16.3 Å². The van der Waals surface area contributed by atoms with Gasteiger partial charge in [0.15, 0.2) is 0 Å². The van der Waals surface area contributed by atoms with Crippen LogP contribution in [0.1, 0.15) is 38.3 Å². The third-order valence-corrected chi connectivity index (χ3v) is 3.54. The molecule has 2 rings (SSSR count). The van der Waals surface area contributed by atoms with Crippen molar-refractivity contribution in [2.24, 2.45) is 0 Å². The van der Waals surface area contributed by atoms with E-state index in [0.717, 1.165) is 4.88 Å². The molecule has 0 spiro atoms.